The molecule has 2 saturated heterocycles. The zero-order chi connectivity index (χ0) is 14.8. The fourth-order valence-electron chi connectivity index (χ4n) is 2.77. The molecule has 120 valence electrons. The zero-order valence-corrected chi connectivity index (χ0v) is 13.4. The maximum atomic E-state index is 12.5. The first-order valence-electron chi connectivity index (χ1n) is 7.25. The Balaban J connectivity index is 0.00000176. The van der Waals surface area contributed by atoms with Gasteiger partial charge in [0.15, 0.2) is 0 Å². The fourth-order valence-corrected chi connectivity index (χ4v) is 2.77. The van der Waals surface area contributed by atoms with Crippen LogP contribution >= 0.6 is 12.4 Å². The molecule has 2 heterocycles. The molecule has 0 aromatic heterocycles. The van der Waals surface area contributed by atoms with Gasteiger partial charge in [-0.05, 0) is 19.2 Å². The Hall–Kier alpha value is -1.63. The quantitative estimate of drug-likeness (QED) is 0.835. The van der Waals surface area contributed by atoms with Crippen LogP contribution in [0.4, 0.5) is 10.5 Å². The van der Waals surface area contributed by atoms with E-state index in [9.17, 15) is 9.59 Å². The van der Waals surface area contributed by atoms with Crippen molar-refractivity contribution in [3.63, 3.8) is 0 Å². The molecule has 22 heavy (non-hydrogen) atoms. The number of hydrogen-bond donors (Lipinski definition) is 1. The molecule has 0 radical (unpaired) electrons. The number of piperazine rings is 1. The van der Waals surface area contributed by atoms with Crippen molar-refractivity contribution in [1.82, 2.24) is 15.1 Å². The van der Waals surface area contributed by atoms with Crippen LogP contribution in [0, 0.1) is 0 Å². The molecule has 1 aromatic rings. The van der Waals surface area contributed by atoms with E-state index in [4.69, 9.17) is 0 Å². The number of rotatable bonds is 3. The van der Waals surface area contributed by atoms with Crippen molar-refractivity contribution in [3.8, 4) is 0 Å². The van der Waals surface area contributed by atoms with Crippen LogP contribution in [-0.2, 0) is 4.79 Å². The van der Waals surface area contributed by atoms with Crippen molar-refractivity contribution in [2.24, 2.45) is 0 Å². The molecule has 2 fully saturated rings. The molecule has 2 aliphatic rings. The van der Waals surface area contributed by atoms with E-state index in [1.807, 2.05) is 18.2 Å². The Bertz CT molecular complexity index is 532. The minimum Gasteiger partial charge on any atom is -0.324 e. The predicted octanol–water partition coefficient (Wildman–Crippen LogP) is 0.781. The molecule has 7 heteroatoms. The number of amides is 3. The van der Waals surface area contributed by atoms with Crippen molar-refractivity contribution < 1.29 is 9.59 Å². The van der Waals surface area contributed by atoms with Crippen LogP contribution in [0.25, 0.3) is 0 Å². The summed E-state index contributed by atoms with van der Waals surface area (Å²) in [6, 6.07) is 8.29. The Kier molecular flexibility index (Phi) is 5.39. The molecule has 0 bridgehead atoms. The summed E-state index contributed by atoms with van der Waals surface area (Å²) in [6.45, 7) is 4.44. The number of nitrogens with zero attached hydrogens (tertiary/aromatic N) is 3. The summed E-state index contributed by atoms with van der Waals surface area (Å²) in [4.78, 5) is 30.3. The number of hydrogen-bond acceptors (Lipinski definition) is 4. The lowest BCUT2D eigenvalue weighted by Crippen LogP contribution is -2.50. The maximum absolute atomic E-state index is 12.5. The van der Waals surface area contributed by atoms with Crippen molar-refractivity contribution in [2.75, 3.05) is 44.7 Å². The molecular formula is C15H21ClN4O2. The molecule has 6 nitrogen and oxygen atoms in total. The highest BCUT2D eigenvalue weighted by molar-refractivity contribution is 6.21. The van der Waals surface area contributed by atoms with E-state index in [1.54, 1.807) is 12.1 Å². The van der Waals surface area contributed by atoms with E-state index in [2.05, 4.69) is 22.2 Å². The average Bonchev–Trinajstić information content (AvgIpc) is 2.77. The van der Waals surface area contributed by atoms with Crippen molar-refractivity contribution in [1.29, 1.82) is 0 Å². The molecular weight excluding hydrogens is 304 g/mol. The van der Waals surface area contributed by atoms with Gasteiger partial charge in [-0.2, -0.15) is 0 Å². The Morgan fingerprint density at radius 3 is 2.36 bits per heavy atom. The van der Waals surface area contributed by atoms with Crippen molar-refractivity contribution in [2.45, 2.75) is 6.04 Å². The standard InChI is InChI=1S/C15H20N4O2.ClH/c1-17-7-9-18(10-8-17)11-13-14(20)19(15(21)16-13)12-5-3-2-4-6-12;/h2-6,13H,7-11H2,1H3,(H,16,21);1H. The number of benzene rings is 1. The van der Waals surface area contributed by atoms with Gasteiger partial charge in [-0.15, -0.1) is 12.4 Å². The maximum Gasteiger partial charge on any atom is 0.329 e. The van der Waals surface area contributed by atoms with Crippen LogP contribution in [0.15, 0.2) is 30.3 Å². The van der Waals surface area contributed by atoms with E-state index < -0.39 is 6.04 Å². The van der Waals surface area contributed by atoms with E-state index in [1.165, 1.54) is 4.90 Å². The van der Waals surface area contributed by atoms with Gasteiger partial charge in [-0.1, -0.05) is 18.2 Å². The molecule has 1 unspecified atom stereocenters. The second kappa shape index (κ2) is 7.09. The van der Waals surface area contributed by atoms with Crippen LogP contribution < -0.4 is 10.2 Å². The molecule has 3 amide bonds. The molecule has 1 aromatic carbocycles. The third-order valence-electron chi connectivity index (χ3n) is 4.07. The second-order valence-corrected chi connectivity index (χ2v) is 5.62. The molecule has 0 spiro atoms. The number of halogens is 1. The number of carbonyl (C=O) groups is 2. The molecule has 0 aliphatic carbocycles. The normalized spacial score (nSPS) is 23.3. The Morgan fingerprint density at radius 2 is 1.73 bits per heavy atom. The van der Waals surface area contributed by atoms with Gasteiger partial charge in [-0.3, -0.25) is 9.69 Å². The SMILES string of the molecule is CN1CCN(CC2NC(=O)N(c3ccccc3)C2=O)CC1.Cl. The van der Waals surface area contributed by atoms with Gasteiger partial charge in [-0.25, -0.2) is 9.69 Å². The largest absolute Gasteiger partial charge is 0.329 e. The monoisotopic (exact) mass is 324 g/mol. The minimum atomic E-state index is -0.443. The van der Waals surface area contributed by atoms with Crippen LogP contribution in [-0.4, -0.2) is 67.6 Å². The Labute approximate surface area is 136 Å². The van der Waals surface area contributed by atoms with E-state index in [-0.39, 0.29) is 24.3 Å². The third kappa shape index (κ3) is 3.40. The minimum absolute atomic E-state index is 0. The first kappa shape index (κ1) is 16.7. The van der Waals surface area contributed by atoms with Crippen LogP contribution in [0.2, 0.25) is 0 Å². The molecule has 0 saturated carbocycles. The molecule has 1 atom stereocenters. The summed E-state index contributed by atoms with van der Waals surface area (Å²) >= 11 is 0. The zero-order valence-electron chi connectivity index (χ0n) is 12.6. The molecule has 3 rings (SSSR count). The number of urea groups is 1. The summed E-state index contributed by atoms with van der Waals surface area (Å²) in [5, 5.41) is 2.79. The van der Waals surface area contributed by atoms with Gasteiger partial charge in [0.05, 0.1) is 5.69 Å². The summed E-state index contributed by atoms with van der Waals surface area (Å²) in [5.74, 6) is -0.162. The number of imide groups is 1. The fraction of sp³-hybridized carbons (Fsp3) is 0.467. The number of carbonyl (C=O) groups excluding carboxylic acids is 2. The highest BCUT2D eigenvalue weighted by Crippen LogP contribution is 2.19. The average molecular weight is 325 g/mol. The lowest BCUT2D eigenvalue weighted by Gasteiger charge is -2.33. The van der Waals surface area contributed by atoms with Crippen LogP contribution in [0.5, 0.6) is 0 Å². The van der Waals surface area contributed by atoms with Gasteiger partial charge < -0.3 is 10.2 Å². The topological polar surface area (TPSA) is 55.9 Å². The number of anilines is 1. The van der Waals surface area contributed by atoms with Gasteiger partial charge in [0.1, 0.15) is 6.04 Å². The lowest BCUT2D eigenvalue weighted by atomic mass is 10.2. The van der Waals surface area contributed by atoms with Crippen molar-refractivity contribution in [3.05, 3.63) is 30.3 Å². The highest BCUT2D eigenvalue weighted by atomic mass is 35.5. The van der Waals surface area contributed by atoms with Gasteiger partial charge in [0, 0.05) is 32.7 Å². The van der Waals surface area contributed by atoms with Crippen LogP contribution in [0.1, 0.15) is 0 Å². The first-order valence-corrected chi connectivity index (χ1v) is 7.25. The number of para-hydroxylation sites is 1. The third-order valence-corrected chi connectivity index (χ3v) is 4.07. The molecule has 2 aliphatic heterocycles. The van der Waals surface area contributed by atoms with Gasteiger partial charge in [0.25, 0.3) is 5.91 Å². The highest BCUT2D eigenvalue weighted by Gasteiger charge is 2.39. The van der Waals surface area contributed by atoms with E-state index in [0.717, 1.165) is 26.2 Å². The number of likely N-dealkylation sites (N-methyl/N-ethyl adjacent to an activating group) is 1. The smallest absolute Gasteiger partial charge is 0.324 e. The summed E-state index contributed by atoms with van der Waals surface area (Å²) in [6.07, 6.45) is 0. The summed E-state index contributed by atoms with van der Waals surface area (Å²) in [5.41, 5.74) is 0.626. The number of nitrogens with one attached hydrogen (secondary N) is 1. The van der Waals surface area contributed by atoms with Gasteiger partial charge >= 0.3 is 6.03 Å². The Morgan fingerprint density at radius 1 is 1.09 bits per heavy atom. The van der Waals surface area contributed by atoms with E-state index in [0.29, 0.717) is 12.2 Å². The second-order valence-electron chi connectivity index (χ2n) is 5.62. The summed E-state index contributed by atoms with van der Waals surface area (Å²) in [7, 11) is 2.09. The predicted molar refractivity (Wildman–Crippen MR) is 87.4 cm³/mol. The molecule has 1 N–H and O–H groups in total. The van der Waals surface area contributed by atoms with Crippen LogP contribution in [0.3, 0.4) is 0 Å². The van der Waals surface area contributed by atoms with Gasteiger partial charge in [0.2, 0.25) is 0 Å². The summed E-state index contributed by atoms with van der Waals surface area (Å²) < 4.78 is 0. The first-order chi connectivity index (χ1) is 10.1. The lowest BCUT2D eigenvalue weighted by molar-refractivity contribution is -0.118. The van der Waals surface area contributed by atoms with E-state index >= 15 is 0 Å². The van der Waals surface area contributed by atoms with Crippen molar-refractivity contribution >= 4 is 30.0 Å².